The molecule has 11 heteroatoms. The summed E-state index contributed by atoms with van der Waals surface area (Å²) < 4.78 is 44.1. The number of nitrogens with one attached hydrogen (secondary N) is 3. The lowest BCUT2D eigenvalue weighted by molar-refractivity contribution is 0.0976. The summed E-state index contributed by atoms with van der Waals surface area (Å²) in [6, 6.07) is 19.3. The molecule has 0 unspecified atom stereocenters. The molecule has 9 nitrogen and oxygen atoms in total. The van der Waals surface area contributed by atoms with Crippen LogP contribution in [0, 0.1) is 0 Å². The predicted molar refractivity (Wildman–Crippen MR) is 147 cm³/mol. The minimum Gasteiger partial charge on any atom is -0.494 e. The van der Waals surface area contributed by atoms with Crippen LogP contribution in [0.2, 0.25) is 0 Å². The number of carbonyl (C=O) groups is 1. The molecule has 37 heavy (non-hydrogen) atoms. The third-order valence-corrected chi connectivity index (χ3v) is 6.47. The first kappa shape index (κ1) is 27.9. The fourth-order valence-electron chi connectivity index (χ4n) is 3.14. The Bertz CT molecular complexity index is 1300. The zero-order valence-corrected chi connectivity index (χ0v) is 22.2. The van der Waals surface area contributed by atoms with E-state index in [1.165, 1.54) is 12.1 Å². The molecule has 0 aliphatic rings. The highest BCUT2D eigenvalue weighted by atomic mass is 32.2. The lowest BCUT2D eigenvalue weighted by Crippen LogP contribution is -2.34. The molecule has 0 fully saturated rings. The maximum Gasteiger partial charge on any atom is 0.261 e. The summed E-state index contributed by atoms with van der Waals surface area (Å²) in [5.41, 5.74) is 1.30. The maximum absolute atomic E-state index is 12.7. The molecule has 196 valence electrons. The third-order valence-electron chi connectivity index (χ3n) is 4.86. The average molecular weight is 544 g/mol. The van der Waals surface area contributed by atoms with Crippen LogP contribution in [0.15, 0.2) is 77.7 Å². The predicted octanol–water partition coefficient (Wildman–Crippen LogP) is 4.43. The summed E-state index contributed by atoms with van der Waals surface area (Å²) in [7, 11) is -3.79. The number of hydrogen-bond acceptors (Lipinski definition) is 7. The van der Waals surface area contributed by atoms with E-state index in [9.17, 15) is 13.2 Å². The van der Waals surface area contributed by atoms with Crippen LogP contribution in [0.3, 0.4) is 0 Å². The normalized spacial score (nSPS) is 10.9. The first-order chi connectivity index (χ1) is 17.8. The van der Waals surface area contributed by atoms with Gasteiger partial charge in [-0.15, -0.1) is 0 Å². The molecule has 3 aromatic rings. The van der Waals surface area contributed by atoms with Gasteiger partial charge in [0.1, 0.15) is 18.1 Å². The second kappa shape index (κ2) is 13.6. The van der Waals surface area contributed by atoms with E-state index >= 15 is 0 Å². The molecule has 3 rings (SSSR count). The summed E-state index contributed by atoms with van der Waals surface area (Å²) in [6.45, 7) is 5.74. The summed E-state index contributed by atoms with van der Waals surface area (Å²) in [6.07, 6.45) is 0. The Labute approximate surface area is 222 Å². The van der Waals surface area contributed by atoms with Crippen molar-refractivity contribution in [1.29, 1.82) is 0 Å². The topological polar surface area (TPSA) is 115 Å². The Kier molecular flexibility index (Phi) is 10.2. The minimum absolute atomic E-state index is 0.0655. The van der Waals surface area contributed by atoms with Crippen molar-refractivity contribution in [2.24, 2.45) is 0 Å². The molecule has 1 amide bonds. The number of hydrogen-bond donors (Lipinski definition) is 3. The van der Waals surface area contributed by atoms with E-state index in [1.54, 1.807) is 60.7 Å². The van der Waals surface area contributed by atoms with Crippen molar-refractivity contribution in [1.82, 2.24) is 5.32 Å². The van der Waals surface area contributed by atoms with Crippen molar-refractivity contribution in [3.63, 3.8) is 0 Å². The van der Waals surface area contributed by atoms with Crippen LogP contribution in [0.25, 0.3) is 0 Å². The fraction of sp³-hybridized carbons (Fsp3) is 0.231. The lowest BCUT2D eigenvalue weighted by atomic mass is 10.2. The van der Waals surface area contributed by atoms with Crippen LogP contribution in [-0.2, 0) is 14.8 Å². The fourth-order valence-corrected chi connectivity index (χ4v) is 4.41. The van der Waals surface area contributed by atoms with Crippen LogP contribution in [-0.4, -0.2) is 45.9 Å². The number of anilines is 2. The van der Waals surface area contributed by atoms with Crippen molar-refractivity contribution < 1.29 is 27.4 Å². The lowest BCUT2D eigenvalue weighted by Gasteiger charge is -2.12. The largest absolute Gasteiger partial charge is 0.494 e. The van der Waals surface area contributed by atoms with Gasteiger partial charge in [0, 0.05) is 23.5 Å². The molecule has 3 aromatic carbocycles. The molecule has 3 N–H and O–H groups in total. The van der Waals surface area contributed by atoms with Crippen molar-refractivity contribution in [3.05, 3.63) is 78.4 Å². The monoisotopic (exact) mass is 543 g/mol. The highest BCUT2D eigenvalue weighted by Crippen LogP contribution is 2.21. The third kappa shape index (κ3) is 8.74. The van der Waals surface area contributed by atoms with Crippen LogP contribution in [0.4, 0.5) is 11.4 Å². The van der Waals surface area contributed by atoms with E-state index in [1.807, 2.05) is 13.8 Å². The van der Waals surface area contributed by atoms with Gasteiger partial charge < -0.3 is 19.5 Å². The van der Waals surface area contributed by atoms with Crippen molar-refractivity contribution in [2.45, 2.75) is 18.7 Å². The van der Waals surface area contributed by atoms with Crippen LogP contribution in [0.5, 0.6) is 11.5 Å². The van der Waals surface area contributed by atoms with E-state index in [-0.39, 0.29) is 10.0 Å². The highest BCUT2D eigenvalue weighted by Gasteiger charge is 2.15. The Hall–Kier alpha value is -3.67. The first-order valence-electron chi connectivity index (χ1n) is 11.6. The molecule has 0 saturated carbocycles. The molecule has 0 bridgehead atoms. The van der Waals surface area contributed by atoms with Gasteiger partial charge in [-0.05, 0) is 92.8 Å². The smallest absolute Gasteiger partial charge is 0.261 e. The first-order valence-corrected chi connectivity index (χ1v) is 13.5. The van der Waals surface area contributed by atoms with Gasteiger partial charge in [0.15, 0.2) is 5.11 Å². The van der Waals surface area contributed by atoms with Gasteiger partial charge in [-0.2, -0.15) is 0 Å². The number of carbonyl (C=O) groups excluding carboxylic acids is 1. The average Bonchev–Trinajstić information content (AvgIpc) is 2.88. The molecule has 0 saturated heterocycles. The van der Waals surface area contributed by atoms with E-state index < -0.39 is 15.9 Å². The quantitative estimate of drug-likeness (QED) is 0.227. The van der Waals surface area contributed by atoms with Gasteiger partial charge in [0.05, 0.1) is 18.1 Å². The number of rotatable bonds is 12. The second-order valence-corrected chi connectivity index (χ2v) is 9.66. The van der Waals surface area contributed by atoms with Crippen molar-refractivity contribution >= 4 is 44.6 Å². The summed E-state index contributed by atoms with van der Waals surface area (Å²) in [5, 5.41) is 5.54. The summed E-state index contributed by atoms with van der Waals surface area (Å²) >= 11 is 5.23. The van der Waals surface area contributed by atoms with Gasteiger partial charge >= 0.3 is 0 Å². The molecule has 0 heterocycles. The molecular weight excluding hydrogens is 514 g/mol. The van der Waals surface area contributed by atoms with Gasteiger partial charge in [0.25, 0.3) is 15.9 Å². The highest BCUT2D eigenvalue weighted by molar-refractivity contribution is 7.92. The molecule has 0 aliphatic carbocycles. The molecule has 0 aliphatic heterocycles. The van der Waals surface area contributed by atoms with Gasteiger partial charge in [-0.25, -0.2) is 8.42 Å². The van der Waals surface area contributed by atoms with Gasteiger partial charge in [-0.1, -0.05) is 6.07 Å². The van der Waals surface area contributed by atoms with Crippen LogP contribution >= 0.6 is 12.2 Å². The Morgan fingerprint density at radius 2 is 1.54 bits per heavy atom. The maximum atomic E-state index is 12.7. The van der Waals surface area contributed by atoms with E-state index in [2.05, 4.69) is 15.4 Å². The number of sulfonamides is 1. The Balaban J connectivity index is 1.55. The SMILES string of the molecule is CCOCCOc1cccc(C(=O)NC(=S)Nc2ccc(S(=O)(=O)Nc3ccc(OCC)cc3)cc2)c1. The van der Waals surface area contributed by atoms with E-state index in [0.717, 1.165) is 0 Å². The molecular formula is C26H29N3O6S2. The zero-order chi connectivity index (χ0) is 26.7. The summed E-state index contributed by atoms with van der Waals surface area (Å²) in [4.78, 5) is 12.6. The van der Waals surface area contributed by atoms with Crippen molar-refractivity contribution in [2.75, 3.05) is 36.5 Å². The second-order valence-electron chi connectivity index (χ2n) is 7.57. The standard InChI is InChI=1S/C26H29N3O6S2/c1-3-33-16-17-35-23-7-5-6-19(18-23)25(30)28-26(36)27-20-10-14-24(15-11-20)37(31,32)29-21-8-12-22(13-9-21)34-4-2/h5-15,18,29H,3-4,16-17H2,1-2H3,(H2,27,28,30,36). The molecule has 0 radical (unpaired) electrons. The van der Waals surface area contributed by atoms with Crippen molar-refractivity contribution in [3.8, 4) is 11.5 Å². The molecule has 0 spiro atoms. The Morgan fingerprint density at radius 1 is 0.838 bits per heavy atom. The molecule has 0 atom stereocenters. The number of thiocarbonyl (C=S) groups is 1. The van der Waals surface area contributed by atoms with E-state index in [4.69, 9.17) is 26.4 Å². The minimum atomic E-state index is -3.79. The summed E-state index contributed by atoms with van der Waals surface area (Å²) in [5.74, 6) is 0.788. The Morgan fingerprint density at radius 3 is 2.22 bits per heavy atom. The number of amides is 1. The van der Waals surface area contributed by atoms with Crippen LogP contribution < -0.4 is 24.8 Å². The van der Waals surface area contributed by atoms with Gasteiger partial charge in [0.2, 0.25) is 0 Å². The zero-order valence-electron chi connectivity index (χ0n) is 20.5. The van der Waals surface area contributed by atoms with E-state index in [0.29, 0.717) is 54.9 Å². The molecule has 0 aromatic heterocycles. The number of ether oxygens (including phenoxy) is 3. The van der Waals surface area contributed by atoms with Gasteiger partial charge in [-0.3, -0.25) is 14.8 Å². The van der Waals surface area contributed by atoms with Crippen LogP contribution in [0.1, 0.15) is 24.2 Å². The number of benzene rings is 3.